The smallest absolute Gasteiger partial charge is 0.244 e. The van der Waals surface area contributed by atoms with Gasteiger partial charge in [0.15, 0.2) is 11.5 Å². The number of ether oxygens (including phenoxy) is 2. The molecule has 0 radical (unpaired) electrons. The Morgan fingerprint density at radius 2 is 1.75 bits per heavy atom. The van der Waals surface area contributed by atoms with Gasteiger partial charge in [-0.1, -0.05) is 6.07 Å². The largest absolute Gasteiger partial charge is 0.454 e. The first kappa shape index (κ1) is 22.1. The molecule has 0 atom stereocenters. The first-order valence-corrected chi connectivity index (χ1v) is 11.9. The Morgan fingerprint density at radius 1 is 1.03 bits per heavy atom. The monoisotopic (exact) mass is 461 g/mol. The molecule has 32 heavy (non-hydrogen) atoms. The van der Waals surface area contributed by atoms with Crippen molar-refractivity contribution in [2.45, 2.75) is 0 Å². The van der Waals surface area contributed by atoms with Gasteiger partial charge in [-0.15, -0.1) is 0 Å². The summed E-state index contributed by atoms with van der Waals surface area (Å²) in [7, 11) is -3.49. The number of hydrogen-bond acceptors (Lipinski definition) is 6. The Hall–Kier alpha value is -3.11. The van der Waals surface area contributed by atoms with Crippen molar-refractivity contribution in [1.29, 1.82) is 0 Å². The Kier molecular flexibility index (Phi) is 6.61. The van der Waals surface area contributed by atoms with Crippen LogP contribution in [0.3, 0.4) is 0 Å². The molecule has 170 valence electrons. The van der Waals surface area contributed by atoms with Crippen molar-refractivity contribution in [3.8, 4) is 11.5 Å². The van der Waals surface area contributed by atoms with Gasteiger partial charge in [0.2, 0.25) is 22.7 Å². The summed E-state index contributed by atoms with van der Waals surface area (Å²) < 4.78 is 50.3. The average Bonchev–Trinajstić information content (AvgIpc) is 3.26. The zero-order valence-electron chi connectivity index (χ0n) is 17.4. The van der Waals surface area contributed by atoms with E-state index in [0.717, 1.165) is 11.3 Å². The van der Waals surface area contributed by atoms with Gasteiger partial charge in [0.25, 0.3) is 0 Å². The molecule has 1 N–H and O–H groups in total. The third-order valence-electron chi connectivity index (χ3n) is 5.31. The van der Waals surface area contributed by atoms with E-state index in [1.54, 1.807) is 36.4 Å². The van der Waals surface area contributed by atoms with Crippen LogP contribution >= 0.6 is 0 Å². The number of nitrogens with zero attached hydrogens (tertiary/aromatic N) is 2. The number of carbonyl (C=O) groups excluding carboxylic acids is 1. The van der Waals surface area contributed by atoms with Crippen molar-refractivity contribution in [2.75, 3.05) is 50.2 Å². The van der Waals surface area contributed by atoms with Gasteiger partial charge in [-0.3, -0.25) is 4.79 Å². The van der Waals surface area contributed by atoms with E-state index in [1.807, 2.05) is 4.90 Å². The molecule has 10 heteroatoms. The molecule has 0 spiro atoms. The van der Waals surface area contributed by atoms with Crippen LogP contribution in [0.1, 0.15) is 5.56 Å². The SMILES string of the molecule is O=C(/C=C/c1ccc2c(c1)OCO2)NCCS(=O)(=O)N1CCN(c2ccc(F)cc2)CC1. The number of fused-ring (bicyclic) bond motifs is 1. The lowest BCUT2D eigenvalue weighted by atomic mass is 10.2. The summed E-state index contributed by atoms with van der Waals surface area (Å²) in [6, 6.07) is 11.5. The molecular formula is C22H24FN3O5S. The number of anilines is 1. The van der Waals surface area contributed by atoms with E-state index < -0.39 is 10.0 Å². The number of carbonyl (C=O) groups is 1. The molecule has 1 fully saturated rings. The molecule has 0 aliphatic carbocycles. The van der Waals surface area contributed by atoms with Gasteiger partial charge < -0.3 is 19.7 Å². The van der Waals surface area contributed by atoms with Crippen molar-refractivity contribution in [3.05, 3.63) is 59.9 Å². The average molecular weight is 462 g/mol. The van der Waals surface area contributed by atoms with E-state index in [0.29, 0.717) is 37.7 Å². The van der Waals surface area contributed by atoms with Gasteiger partial charge in [-0.05, 0) is 48.0 Å². The molecule has 0 saturated carbocycles. The topological polar surface area (TPSA) is 88.2 Å². The minimum Gasteiger partial charge on any atom is -0.454 e. The van der Waals surface area contributed by atoms with Crippen LogP contribution in [0.15, 0.2) is 48.5 Å². The van der Waals surface area contributed by atoms with Gasteiger partial charge in [0.05, 0.1) is 5.75 Å². The normalized spacial score (nSPS) is 16.5. The van der Waals surface area contributed by atoms with Crippen molar-refractivity contribution >= 4 is 27.7 Å². The molecule has 0 aromatic heterocycles. The fraction of sp³-hybridized carbons (Fsp3) is 0.318. The van der Waals surface area contributed by atoms with Crippen molar-refractivity contribution in [3.63, 3.8) is 0 Å². The molecule has 1 amide bonds. The molecule has 0 unspecified atom stereocenters. The second-order valence-corrected chi connectivity index (χ2v) is 9.50. The number of benzene rings is 2. The Bertz CT molecular complexity index is 1100. The molecule has 2 aliphatic rings. The van der Waals surface area contributed by atoms with E-state index in [9.17, 15) is 17.6 Å². The van der Waals surface area contributed by atoms with Gasteiger partial charge in [-0.25, -0.2) is 12.8 Å². The second kappa shape index (κ2) is 9.58. The van der Waals surface area contributed by atoms with Crippen LogP contribution in [0.2, 0.25) is 0 Å². The van der Waals surface area contributed by atoms with Crippen molar-refractivity contribution < 1.29 is 27.1 Å². The van der Waals surface area contributed by atoms with Crippen molar-refractivity contribution in [2.24, 2.45) is 0 Å². The highest BCUT2D eigenvalue weighted by atomic mass is 32.2. The fourth-order valence-electron chi connectivity index (χ4n) is 3.56. The minimum atomic E-state index is -3.49. The maximum absolute atomic E-state index is 13.1. The Balaban J connectivity index is 1.22. The number of halogens is 1. The molecule has 2 heterocycles. The molecule has 2 aromatic rings. The maximum Gasteiger partial charge on any atom is 0.244 e. The Morgan fingerprint density at radius 3 is 2.50 bits per heavy atom. The molecule has 4 rings (SSSR count). The highest BCUT2D eigenvalue weighted by Gasteiger charge is 2.26. The molecule has 8 nitrogen and oxygen atoms in total. The quantitative estimate of drug-likeness (QED) is 0.633. The summed E-state index contributed by atoms with van der Waals surface area (Å²) >= 11 is 0. The molecule has 2 aromatic carbocycles. The lowest BCUT2D eigenvalue weighted by Crippen LogP contribution is -2.50. The van der Waals surface area contributed by atoms with E-state index in [2.05, 4.69) is 5.32 Å². The third kappa shape index (κ3) is 5.38. The zero-order chi connectivity index (χ0) is 22.6. The van der Waals surface area contributed by atoms with E-state index in [1.165, 1.54) is 22.5 Å². The van der Waals surface area contributed by atoms with Crippen molar-refractivity contribution in [1.82, 2.24) is 9.62 Å². The first-order valence-electron chi connectivity index (χ1n) is 10.2. The van der Waals surface area contributed by atoms with Gasteiger partial charge in [0, 0.05) is 44.5 Å². The predicted octanol–water partition coefficient (Wildman–Crippen LogP) is 1.84. The third-order valence-corrected chi connectivity index (χ3v) is 7.18. The molecule has 0 bridgehead atoms. The number of hydrogen-bond donors (Lipinski definition) is 1. The summed E-state index contributed by atoms with van der Waals surface area (Å²) in [6.45, 7) is 1.93. The van der Waals surface area contributed by atoms with Crippen LogP contribution in [0.4, 0.5) is 10.1 Å². The van der Waals surface area contributed by atoms with Gasteiger partial charge in [0.1, 0.15) is 5.82 Å². The molecule has 1 saturated heterocycles. The Labute approximate surface area is 186 Å². The van der Waals surface area contributed by atoms with Crippen LogP contribution in [0, 0.1) is 5.82 Å². The van der Waals surface area contributed by atoms with E-state index in [-0.39, 0.29) is 30.8 Å². The van der Waals surface area contributed by atoms with Gasteiger partial charge >= 0.3 is 0 Å². The molecule has 2 aliphatic heterocycles. The highest BCUT2D eigenvalue weighted by Crippen LogP contribution is 2.32. The summed E-state index contributed by atoms with van der Waals surface area (Å²) in [5.74, 6) is 0.433. The summed E-state index contributed by atoms with van der Waals surface area (Å²) in [5.41, 5.74) is 1.64. The zero-order valence-corrected chi connectivity index (χ0v) is 18.2. The van der Waals surface area contributed by atoms with Crippen LogP contribution < -0.4 is 19.7 Å². The highest BCUT2D eigenvalue weighted by molar-refractivity contribution is 7.89. The lowest BCUT2D eigenvalue weighted by molar-refractivity contribution is -0.116. The first-order chi connectivity index (χ1) is 15.4. The van der Waals surface area contributed by atoms with Crippen LogP contribution in [0.25, 0.3) is 6.08 Å². The predicted molar refractivity (Wildman–Crippen MR) is 119 cm³/mol. The minimum absolute atomic E-state index is 0.0187. The second-order valence-electron chi connectivity index (χ2n) is 7.42. The number of rotatable bonds is 7. The number of amides is 1. The summed E-state index contributed by atoms with van der Waals surface area (Å²) in [4.78, 5) is 14.1. The van der Waals surface area contributed by atoms with Crippen LogP contribution in [-0.2, 0) is 14.8 Å². The summed E-state index contributed by atoms with van der Waals surface area (Å²) in [5, 5.41) is 2.61. The van der Waals surface area contributed by atoms with E-state index in [4.69, 9.17) is 9.47 Å². The van der Waals surface area contributed by atoms with Gasteiger partial charge in [-0.2, -0.15) is 4.31 Å². The number of sulfonamides is 1. The number of piperazine rings is 1. The maximum atomic E-state index is 13.1. The van der Waals surface area contributed by atoms with Crippen LogP contribution in [0.5, 0.6) is 11.5 Å². The fourth-order valence-corrected chi connectivity index (χ4v) is 4.89. The lowest BCUT2D eigenvalue weighted by Gasteiger charge is -2.35. The number of nitrogens with one attached hydrogen (secondary N) is 1. The van der Waals surface area contributed by atoms with Crippen LogP contribution in [-0.4, -0.2) is 63.9 Å². The van der Waals surface area contributed by atoms with E-state index >= 15 is 0 Å². The summed E-state index contributed by atoms with van der Waals surface area (Å²) in [6.07, 6.45) is 2.98. The standard InChI is InChI=1S/C22H24FN3O5S/c23-18-3-5-19(6-4-18)25-10-12-26(13-11-25)32(28,29)14-9-24-22(27)8-2-17-1-7-20-21(15-17)31-16-30-20/h1-8,15H,9-14,16H2,(H,24,27)/b8-2+. The molecular weight excluding hydrogens is 437 g/mol.